The van der Waals surface area contributed by atoms with Crippen LogP contribution < -0.4 is 0 Å². The Balaban J connectivity index is 1.26. The minimum absolute atomic E-state index is 0.00671. The first-order valence-corrected chi connectivity index (χ1v) is 11.7. The van der Waals surface area contributed by atoms with Crippen molar-refractivity contribution >= 4 is 17.1 Å². The lowest BCUT2D eigenvalue weighted by atomic mass is 10.1. The van der Waals surface area contributed by atoms with E-state index in [9.17, 15) is 9.90 Å². The van der Waals surface area contributed by atoms with E-state index in [0.717, 1.165) is 49.7 Å². The molecule has 0 spiro atoms. The van der Waals surface area contributed by atoms with E-state index in [2.05, 4.69) is 27.0 Å². The molecule has 1 saturated carbocycles. The Morgan fingerprint density at radius 1 is 1.12 bits per heavy atom. The number of amides is 1. The summed E-state index contributed by atoms with van der Waals surface area (Å²) in [7, 11) is 0. The van der Waals surface area contributed by atoms with E-state index in [-0.39, 0.29) is 18.6 Å². The summed E-state index contributed by atoms with van der Waals surface area (Å²) in [6.07, 6.45) is 7.74. The standard InChI is InChI=1S/C25H31N5O2/c31-13-9-22-17-29(12-11-28(22)16-20-6-7-20)25(32)21-14-23-24(26-15-21)30(18-27-23)10-8-19-4-2-1-3-5-19/h1-5,14-15,18,20,22,31H,6-13,16-17H2. The number of fused-ring (bicyclic) bond motifs is 1. The first kappa shape index (κ1) is 21.1. The van der Waals surface area contributed by atoms with Crippen LogP contribution in [0.3, 0.4) is 0 Å². The molecule has 2 aromatic heterocycles. The van der Waals surface area contributed by atoms with Crippen LogP contribution in [0.5, 0.6) is 0 Å². The number of carbonyl (C=O) groups is 1. The number of aliphatic hydroxyl groups is 1. The molecule has 7 heteroatoms. The van der Waals surface area contributed by atoms with Gasteiger partial charge in [-0.1, -0.05) is 30.3 Å². The Morgan fingerprint density at radius 3 is 2.75 bits per heavy atom. The molecule has 1 aromatic carbocycles. The van der Waals surface area contributed by atoms with Crippen molar-refractivity contribution < 1.29 is 9.90 Å². The number of aromatic nitrogens is 3. The van der Waals surface area contributed by atoms with Crippen molar-refractivity contribution in [1.29, 1.82) is 0 Å². The summed E-state index contributed by atoms with van der Waals surface area (Å²) in [6.45, 7) is 4.30. The zero-order valence-corrected chi connectivity index (χ0v) is 18.4. The molecule has 1 saturated heterocycles. The molecule has 3 aromatic rings. The Labute approximate surface area is 188 Å². The molecule has 3 heterocycles. The molecule has 2 fully saturated rings. The number of hydrogen-bond acceptors (Lipinski definition) is 5. The van der Waals surface area contributed by atoms with Crippen LogP contribution in [0, 0.1) is 5.92 Å². The molecule has 7 nitrogen and oxygen atoms in total. The zero-order chi connectivity index (χ0) is 21.9. The van der Waals surface area contributed by atoms with Gasteiger partial charge in [-0.25, -0.2) is 9.97 Å². The Hall–Kier alpha value is -2.77. The van der Waals surface area contributed by atoms with E-state index >= 15 is 0 Å². The highest BCUT2D eigenvalue weighted by molar-refractivity contribution is 5.96. The lowest BCUT2D eigenvalue weighted by molar-refractivity contribution is 0.0407. The van der Waals surface area contributed by atoms with Crippen molar-refractivity contribution in [3.05, 3.63) is 60.0 Å². The highest BCUT2D eigenvalue weighted by Gasteiger charge is 2.33. The Morgan fingerprint density at radius 2 is 1.97 bits per heavy atom. The summed E-state index contributed by atoms with van der Waals surface area (Å²) in [5.41, 5.74) is 3.43. The van der Waals surface area contributed by atoms with Gasteiger partial charge >= 0.3 is 0 Å². The van der Waals surface area contributed by atoms with Crippen LogP contribution in [0.4, 0.5) is 0 Å². The maximum atomic E-state index is 13.2. The van der Waals surface area contributed by atoms with Crippen LogP contribution in [-0.4, -0.2) is 74.2 Å². The van der Waals surface area contributed by atoms with Gasteiger partial charge < -0.3 is 14.6 Å². The van der Waals surface area contributed by atoms with Crippen molar-refractivity contribution in [1.82, 2.24) is 24.3 Å². The summed E-state index contributed by atoms with van der Waals surface area (Å²) in [4.78, 5) is 26.7. The lowest BCUT2D eigenvalue weighted by Gasteiger charge is -2.41. The van der Waals surface area contributed by atoms with Crippen molar-refractivity contribution in [2.75, 3.05) is 32.8 Å². The van der Waals surface area contributed by atoms with E-state index in [0.29, 0.717) is 18.5 Å². The van der Waals surface area contributed by atoms with Gasteiger partial charge in [0.25, 0.3) is 5.91 Å². The van der Waals surface area contributed by atoms with Gasteiger partial charge in [-0.05, 0) is 43.2 Å². The molecule has 5 rings (SSSR count). The average molecular weight is 434 g/mol. The van der Waals surface area contributed by atoms with Crippen molar-refractivity contribution in [2.24, 2.45) is 5.92 Å². The van der Waals surface area contributed by atoms with Gasteiger partial charge in [0, 0.05) is 51.6 Å². The van der Waals surface area contributed by atoms with Crippen LogP contribution in [-0.2, 0) is 13.0 Å². The predicted molar refractivity (Wildman–Crippen MR) is 123 cm³/mol. The van der Waals surface area contributed by atoms with Gasteiger partial charge in [-0.3, -0.25) is 9.69 Å². The topological polar surface area (TPSA) is 74.5 Å². The molecule has 0 bridgehead atoms. The monoisotopic (exact) mass is 433 g/mol. The second-order valence-corrected chi connectivity index (χ2v) is 9.10. The van der Waals surface area contributed by atoms with Crippen LogP contribution in [0.2, 0.25) is 0 Å². The predicted octanol–water partition coefficient (Wildman–Crippen LogP) is 2.59. The molecule has 1 aliphatic carbocycles. The summed E-state index contributed by atoms with van der Waals surface area (Å²) in [5.74, 6) is 0.814. The Kier molecular flexibility index (Phi) is 6.19. The fraction of sp³-hybridized carbons (Fsp3) is 0.480. The number of carbonyl (C=O) groups excluding carboxylic acids is 1. The number of pyridine rings is 1. The minimum Gasteiger partial charge on any atom is -0.396 e. The van der Waals surface area contributed by atoms with Crippen molar-refractivity contribution in [3.8, 4) is 0 Å². The molecule has 2 aliphatic rings. The largest absolute Gasteiger partial charge is 0.396 e. The molecular formula is C25H31N5O2. The van der Waals surface area contributed by atoms with E-state index in [1.165, 1.54) is 18.4 Å². The molecule has 32 heavy (non-hydrogen) atoms. The van der Waals surface area contributed by atoms with Crippen LogP contribution in [0.1, 0.15) is 35.2 Å². The summed E-state index contributed by atoms with van der Waals surface area (Å²) >= 11 is 0. The minimum atomic E-state index is 0.00671. The maximum Gasteiger partial charge on any atom is 0.255 e. The molecule has 1 N–H and O–H groups in total. The number of aliphatic hydroxyl groups excluding tert-OH is 1. The van der Waals surface area contributed by atoms with E-state index in [4.69, 9.17) is 0 Å². The van der Waals surface area contributed by atoms with Crippen molar-refractivity contribution in [3.63, 3.8) is 0 Å². The number of imidazole rings is 1. The highest BCUT2D eigenvalue weighted by atomic mass is 16.3. The third kappa shape index (κ3) is 4.69. The second-order valence-electron chi connectivity index (χ2n) is 9.10. The average Bonchev–Trinajstić information content (AvgIpc) is 3.56. The molecule has 1 unspecified atom stereocenters. The van der Waals surface area contributed by atoms with Gasteiger partial charge in [0.05, 0.1) is 11.9 Å². The van der Waals surface area contributed by atoms with Gasteiger partial charge in [0.2, 0.25) is 0 Å². The molecule has 168 valence electrons. The third-order valence-corrected chi connectivity index (χ3v) is 6.73. The fourth-order valence-corrected chi connectivity index (χ4v) is 4.68. The van der Waals surface area contributed by atoms with Crippen LogP contribution >= 0.6 is 0 Å². The number of piperazine rings is 1. The zero-order valence-electron chi connectivity index (χ0n) is 18.4. The normalized spacial score (nSPS) is 19.5. The summed E-state index contributed by atoms with van der Waals surface area (Å²) in [6, 6.07) is 12.5. The fourth-order valence-electron chi connectivity index (χ4n) is 4.68. The van der Waals surface area contributed by atoms with Crippen molar-refractivity contribution in [2.45, 2.75) is 38.3 Å². The smallest absolute Gasteiger partial charge is 0.255 e. The van der Waals surface area contributed by atoms with Gasteiger partial charge in [-0.15, -0.1) is 0 Å². The molecule has 0 radical (unpaired) electrons. The number of aryl methyl sites for hydroxylation is 2. The molecular weight excluding hydrogens is 402 g/mol. The quantitative estimate of drug-likeness (QED) is 0.591. The SMILES string of the molecule is O=C(c1cnc2c(c1)ncn2CCc1ccccc1)N1CCN(CC2CC2)C(CCO)C1. The van der Waals surface area contributed by atoms with Gasteiger partial charge in [0.15, 0.2) is 5.65 Å². The molecule has 1 aliphatic heterocycles. The third-order valence-electron chi connectivity index (χ3n) is 6.73. The molecule has 1 amide bonds. The number of nitrogens with zero attached hydrogens (tertiary/aromatic N) is 5. The van der Waals surface area contributed by atoms with Crippen LogP contribution in [0.15, 0.2) is 48.9 Å². The number of hydrogen-bond donors (Lipinski definition) is 1. The lowest BCUT2D eigenvalue weighted by Crippen LogP contribution is -2.55. The van der Waals surface area contributed by atoms with E-state index in [1.54, 1.807) is 6.20 Å². The Bertz CT molecular complexity index is 1060. The van der Waals surface area contributed by atoms with E-state index < -0.39 is 0 Å². The maximum absolute atomic E-state index is 13.2. The summed E-state index contributed by atoms with van der Waals surface area (Å²) in [5, 5.41) is 9.51. The van der Waals surface area contributed by atoms with Gasteiger partial charge in [-0.2, -0.15) is 0 Å². The van der Waals surface area contributed by atoms with Crippen LogP contribution in [0.25, 0.3) is 11.2 Å². The number of rotatable bonds is 8. The highest BCUT2D eigenvalue weighted by Crippen LogP contribution is 2.31. The molecule has 1 atom stereocenters. The second kappa shape index (κ2) is 9.38. The van der Waals surface area contributed by atoms with Gasteiger partial charge in [0.1, 0.15) is 5.52 Å². The number of benzene rings is 1. The van der Waals surface area contributed by atoms with E-state index in [1.807, 2.05) is 40.1 Å². The first-order chi connectivity index (χ1) is 15.7. The first-order valence-electron chi connectivity index (χ1n) is 11.7. The summed E-state index contributed by atoms with van der Waals surface area (Å²) < 4.78 is 2.05.